The van der Waals surface area contributed by atoms with Gasteiger partial charge in [-0.2, -0.15) is 11.3 Å². The second-order valence-corrected chi connectivity index (χ2v) is 7.79. The number of hydrogen-bond acceptors (Lipinski definition) is 3. The van der Waals surface area contributed by atoms with Gasteiger partial charge in [-0.25, -0.2) is 0 Å². The Morgan fingerprint density at radius 1 is 1.17 bits per heavy atom. The van der Waals surface area contributed by atoms with Gasteiger partial charge in [0, 0.05) is 23.9 Å². The van der Waals surface area contributed by atoms with Crippen molar-refractivity contribution < 1.29 is 9.90 Å². The molecule has 3 nitrogen and oxygen atoms in total. The van der Waals surface area contributed by atoms with Crippen molar-refractivity contribution in [3.8, 4) is 0 Å². The number of likely N-dealkylation sites (tertiary alicyclic amines) is 1. The Kier molecular flexibility index (Phi) is 4.19. The van der Waals surface area contributed by atoms with Crippen LogP contribution >= 0.6 is 11.3 Å². The van der Waals surface area contributed by atoms with E-state index in [-0.39, 0.29) is 17.9 Å². The van der Waals surface area contributed by atoms with Gasteiger partial charge in [-0.15, -0.1) is 0 Å². The zero-order chi connectivity index (χ0) is 16.6. The Balaban J connectivity index is 1.66. The second-order valence-electron chi connectivity index (χ2n) is 7.01. The van der Waals surface area contributed by atoms with Crippen molar-refractivity contribution in [2.45, 2.75) is 43.7 Å². The maximum Gasteiger partial charge on any atom is 0.254 e. The molecule has 126 valence electrons. The molecule has 2 heterocycles. The van der Waals surface area contributed by atoms with Crippen LogP contribution in [-0.2, 0) is 5.60 Å². The van der Waals surface area contributed by atoms with Crippen LogP contribution in [0, 0.1) is 5.92 Å². The Bertz CT molecular complexity index is 700. The zero-order valence-electron chi connectivity index (χ0n) is 13.7. The van der Waals surface area contributed by atoms with E-state index in [1.54, 1.807) is 11.3 Å². The van der Waals surface area contributed by atoms with Gasteiger partial charge in [-0.3, -0.25) is 4.79 Å². The van der Waals surface area contributed by atoms with Crippen molar-refractivity contribution in [3.63, 3.8) is 0 Å². The highest BCUT2D eigenvalue weighted by Gasteiger charge is 2.50. The summed E-state index contributed by atoms with van der Waals surface area (Å²) in [5.74, 6) is 0.258. The number of benzene rings is 1. The molecular formula is C20H23NO2S. The summed E-state index contributed by atoms with van der Waals surface area (Å²) >= 11 is 1.56. The van der Waals surface area contributed by atoms with E-state index < -0.39 is 5.60 Å². The quantitative estimate of drug-likeness (QED) is 0.895. The number of carbonyl (C=O) groups is 1. The van der Waals surface area contributed by atoms with Crippen molar-refractivity contribution in [1.82, 2.24) is 4.90 Å². The molecule has 2 aliphatic rings. The molecule has 4 rings (SSSR count). The molecule has 24 heavy (non-hydrogen) atoms. The first-order chi connectivity index (χ1) is 11.7. The van der Waals surface area contributed by atoms with Crippen LogP contribution in [0.3, 0.4) is 0 Å². The summed E-state index contributed by atoms with van der Waals surface area (Å²) in [5, 5.41) is 15.4. The SMILES string of the molecule is O=C(c1ccsc1)N1CC[C@](O)(c2ccccc2)[C@@H]2CCCC[C@H]21. The summed E-state index contributed by atoms with van der Waals surface area (Å²) in [5.41, 5.74) is 0.983. The molecule has 1 saturated heterocycles. The van der Waals surface area contributed by atoms with E-state index in [4.69, 9.17) is 0 Å². The second kappa shape index (κ2) is 6.34. The van der Waals surface area contributed by atoms with Crippen molar-refractivity contribution in [1.29, 1.82) is 0 Å². The number of piperidine rings is 1. The highest BCUT2D eigenvalue weighted by molar-refractivity contribution is 7.08. The number of fused-ring (bicyclic) bond motifs is 1. The molecule has 3 atom stereocenters. The van der Waals surface area contributed by atoms with Gasteiger partial charge < -0.3 is 10.0 Å². The van der Waals surface area contributed by atoms with E-state index in [0.717, 1.165) is 36.8 Å². The average Bonchev–Trinajstić information content (AvgIpc) is 3.17. The molecule has 1 aliphatic heterocycles. The summed E-state index contributed by atoms with van der Waals surface area (Å²) in [7, 11) is 0. The third-order valence-electron chi connectivity index (χ3n) is 5.78. The number of carbonyl (C=O) groups excluding carboxylic acids is 1. The fourth-order valence-corrected chi connectivity index (χ4v) is 5.20. The van der Waals surface area contributed by atoms with Crippen molar-refractivity contribution in [2.75, 3.05) is 6.54 Å². The van der Waals surface area contributed by atoms with Crippen LogP contribution in [0.1, 0.15) is 48.0 Å². The molecule has 2 aromatic rings. The normalized spacial score (nSPS) is 30.0. The Hall–Kier alpha value is -1.65. The smallest absolute Gasteiger partial charge is 0.254 e. The highest BCUT2D eigenvalue weighted by Crippen LogP contribution is 2.47. The van der Waals surface area contributed by atoms with Crippen molar-refractivity contribution in [3.05, 3.63) is 58.3 Å². The summed E-state index contributed by atoms with van der Waals surface area (Å²) in [4.78, 5) is 14.9. The molecular weight excluding hydrogens is 318 g/mol. The minimum atomic E-state index is -0.808. The molecule has 1 N–H and O–H groups in total. The Morgan fingerprint density at radius 2 is 1.96 bits per heavy atom. The topological polar surface area (TPSA) is 40.5 Å². The number of aliphatic hydroxyl groups is 1. The summed E-state index contributed by atoms with van der Waals surface area (Å²) in [6.45, 7) is 0.626. The van der Waals surface area contributed by atoms with Crippen LogP contribution in [0.4, 0.5) is 0 Å². The molecule has 0 unspecified atom stereocenters. The van der Waals surface area contributed by atoms with Gasteiger partial charge in [0.05, 0.1) is 11.2 Å². The van der Waals surface area contributed by atoms with Crippen LogP contribution in [0.2, 0.25) is 0 Å². The molecule has 1 saturated carbocycles. The van der Waals surface area contributed by atoms with Gasteiger partial charge in [0.2, 0.25) is 0 Å². The third-order valence-corrected chi connectivity index (χ3v) is 6.46. The van der Waals surface area contributed by atoms with Crippen LogP contribution < -0.4 is 0 Å². The van der Waals surface area contributed by atoms with Gasteiger partial charge >= 0.3 is 0 Å². The molecule has 1 aliphatic carbocycles. The van der Waals surface area contributed by atoms with Crippen molar-refractivity contribution >= 4 is 17.2 Å². The number of hydrogen-bond donors (Lipinski definition) is 1. The summed E-state index contributed by atoms with van der Waals surface area (Å²) in [6.07, 6.45) is 4.88. The number of thiophene rings is 1. The van der Waals surface area contributed by atoms with Gasteiger partial charge in [-0.05, 0) is 36.3 Å². The molecule has 1 aromatic carbocycles. The molecule has 0 bridgehead atoms. The first kappa shape index (κ1) is 15.9. The third kappa shape index (κ3) is 2.58. The van der Waals surface area contributed by atoms with Crippen LogP contribution in [0.25, 0.3) is 0 Å². The molecule has 2 fully saturated rings. The molecule has 1 amide bonds. The maximum atomic E-state index is 12.9. The number of rotatable bonds is 2. The van der Waals surface area contributed by atoms with Gasteiger partial charge in [0.25, 0.3) is 5.91 Å². The minimum Gasteiger partial charge on any atom is -0.385 e. The molecule has 0 spiro atoms. The maximum absolute atomic E-state index is 12.9. The lowest BCUT2D eigenvalue weighted by Crippen LogP contribution is -2.58. The number of nitrogens with zero attached hydrogens (tertiary/aromatic N) is 1. The van der Waals surface area contributed by atoms with E-state index in [1.807, 2.05) is 52.1 Å². The lowest BCUT2D eigenvalue weighted by molar-refractivity contribution is -0.110. The average molecular weight is 341 g/mol. The molecule has 4 heteroatoms. The fraction of sp³-hybridized carbons (Fsp3) is 0.450. The number of amides is 1. The van der Waals surface area contributed by atoms with E-state index in [0.29, 0.717) is 13.0 Å². The van der Waals surface area contributed by atoms with E-state index in [2.05, 4.69) is 0 Å². The van der Waals surface area contributed by atoms with E-state index >= 15 is 0 Å². The first-order valence-corrected chi connectivity index (χ1v) is 9.75. The Morgan fingerprint density at radius 3 is 2.71 bits per heavy atom. The molecule has 1 aromatic heterocycles. The van der Waals surface area contributed by atoms with Crippen LogP contribution in [0.5, 0.6) is 0 Å². The summed E-state index contributed by atoms with van der Waals surface area (Å²) in [6, 6.07) is 12.1. The van der Waals surface area contributed by atoms with Gasteiger partial charge in [-0.1, -0.05) is 43.2 Å². The van der Waals surface area contributed by atoms with Gasteiger partial charge in [0.15, 0.2) is 0 Å². The van der Waals surface area contributed by atoms with Crippen LogP contribution in [0.15, 0.2) is 47.2 Å². The predicted octanol–water partition coefficient (Wildman–Crippen LogP) is 4.04. The zero-order valence-corrected chi connectivity index (χ0v) is 14.5. The minimum absolute atomic E-state index is 0.128. The monoisotopic (exact) mass is 341 g/mol. The summed E-state index contributed by atoms with van der Waals surface area (Å²) < 4.78 is 0. The largest absolute Gasteiger partial charge is 0.385 e. The molecule has 0 radical (unpaired) electrons. The standard InChI is InChI=1S/C20H23NO2S/c22-19(15-10-13-24-14-15)21-12-11-20(23,16-6-2-1-3-7-16)17-8-4-5-9-18(17)21/h1-3,6-7,10,13-14,17-18,23H,4-5,8-9,11-12H2/t17-,18-,20+/m1/s1. The highest BCUT2D eigenvalue weighted by atomic mass is 32.1. The Labute approximate surface area is 146 Å². The first-order valence-electron chi connectivity index (χ1n) is 8.81. The van der Waals surface area contributed by atoms with Crippen molar-refractivity contribution in [2.24, 2.45) is 5.92 Å². The van der Waals surface area contributed by atoms with Gasteiger partial charge in [0.1, 0.15) is 0 Å². The lowest BCUT2D eigenvalue weighted by atomic mass is 9.66. The van der Waals surface area contributed by atoms with Crippen LogP contribution in [-0.4, -0.2) is 28.5 Å². The predicted molar refractivity (Wildman–Crippen MR) is 96.1 cm³/mol. The lowest BCUT2D eigenvalue weighted by Gasteiger charge is -2.52. The van der Waals surface area contributed by atoms with E-state index in [9.17, 15) is 9.90 Å². The van der Waals surface area contributed by atoms with E-state index in [1.165, 1.54) is 0 Å². The fourth-order valence-electron chi connectivity index (χ4n) is 4.57.